The summed E-state index contributed by atoms with van der Waals surface area (Å²) < 4.78 is 5.29. The van der Waals surface area contributed by atoms with Crippen LogP contribution in [-0.4, -0.2) is 23.4 Å². The molecule has 0 amide bonds. The van der Waals surface area contributed by atoms with Crippen molar-refractivity contribution in [2.75, 3.05) is 17.3 Å². The van der Waals surface area contributed by atoms with Crippen molar-refractivity contribution < 1.29 is 4.74 Å². The molecule has 102 valence electrons. The molecule has 0 aromatic heterocycles. The number of benzene rings is 1. The van der Waals surface area contributed by atoms with Crippen molar-refractivity contribution in [1.29, 1.82) is 0 Å². The summed E-state index contributed by atoms with van der Waals surface area (Å²) in [5.74, 6) is 0.854. The maximum atomic E-state index is 5.55. The van der Waals surface area contributed by atoms with Crippen LogP contribution in [-0.2, 0) is 0 Å². The van der Waals surface area contributed by atoms with Crippen molar-refractivity contribution in [3.8, 4) is 5.75 Å². The summed E-state index contributed by atoms with van der Waals surface area (Å²) in [7, 11) is 1.68. The highest BCUT2D eigenvalue weighted by Crippen LogP contribution is 2.46. The molecule has 1 unspecified atom stereocenters. The zero-order chi connectivity index (χ0) is 13.8. The molecule has 19 heavy (non-hydrogen) atoms. The minimum absolute atomic E-state index is 0.0124. The molecule has 2 aliphatic rings. The van der Waals surface area contributed by atoms with E-state index in [1.54, 1.807) is 7.11 Å². The standard InChI is InChI=1S/C14H19N3OS/c1-13(2)8-14(3)15-10-7-9(18-4)5-6-11(10)17(14)12(19)16-13/h5-7,15H,8H2,1-4H3,(H,16,19). The molecule has 2 aliphatic heterocycles. The van der Waals surface area contributed by atoms with Gasteiger partial charge in [-0.2, -0.15) is 0 Å². The van der Waals surface area contributed by atoms with E-state index in [4.69, 9.17) is 17.0 Å². The molecule has 1 aromatic carbocycles. The van der Waals surface area contributed by atoms with Crippen LogP contribution in [0.3, 0.4) is 0 Å². The lowest BCUT2D eigenvalue weighted by atomic mass is 9.89. The van der Waals surface area contributed by atoms with Crippen molar-refractivity contribution in [2.24, 2.45) is 0 Å². The van der Waals surface area contributed by atoms with Gasteiger partial charge in [0.25, 0.3) is 0 Å². The molecule has 1 aromatic rings. The Labute approximate surface area is 119 Å². The molecule has 1 fully saturated rings. The maximum absolute atomic E-state index is 5.55. The Hall–Kier alpha value is -1.49. The number of thiocarbonyl (C=S) groups is 1. The third kappa shape index (κ3) is 1.84. The second-order valence-electron chi connectivity index (χ2n) is 6.11. The number of nitrogens with zero attached hydrogens (tertiary/aromatic N) is 1. The minimum atomic E-state index is -0.180. The zero-order valence-corrected chi connectivity index (χ0v) is 12.5. The maximum Gasteiger partial charge on any atom is 0.175 e. The van der Waals surface area contributed by atoms with Crippen LogP contribution in [0.4, 0.5) is 11.4 Å². The summed E-state index contributed by atoms with van der Waals surface area (Å²) in [5, 5.41) is 7.77. The summed E-state index contributed by atoms with van der Waals surface area (Å²) in [6, 6.07) is 6.04. The SMILES string of the molecule is COc1ccc2c(c1)NC1(C)CC(C)(C)NC(=S)N21. The first kappa shape index (κ1) is 12.5. The second kappa shape index (κ2) is 3.76. The van der Waals surface area contributed by atoms with Crippen LogP contribution in [0.25, 0.3) is 0 Å². The first-order valence-corrected chi connectivity index (χ1v) is 6.84. The third-order valence-corrected chi connectivity index (χ3v) is 4.06. The Kier molecular flexibility index (Phi) is 2.48. The quantitative estimate of drug-likeness (QED) is 0.772. The highest BCUT2D eigenvalue weighted by molar-refractivity contribution is 7.80. The topological polar surface area (TPSA) is 36.5 Å². The smallest absolute Gasteiger partial charge is 0.175 e. The van der Waals surface area contributed by atoms with Gasteiger partial charge < -0.3 is 15.4 Å². The van der Waals surface area contributed by atoms with Crippen molar-refractivity contribution in [3.05, 3.63) is 18.2 Å². The van der Waals surface area contributed by atoms with Crippen LogP contribution in [0.2, 0.25) is 0 Å². The van der Waals surface area contributed by atoms with Gasteiger partial charge in [0, 0.05) is 18.0 Å². The molecule has 0 aliphatic carbocycles. The van der Waals surface area contributed by atoms with Gasteiger partial charge in [-0.1, -0.05) is 0 Å². The minimum Gasteiger partial charge on any atom is -0.497 e. The number of anilines is 2. The average molecular weight is 277 g/mol. The lowest BCUT2D eigenvalue weighted by Crippen LogP contribution is -2.67. The molecular formula is C14H19N3OS. The Morgan fingerprint density at radius 3 is 2.68 bits per heavy atom. The molecule has 1 atom stereocenters. The van der Waals surface area contributed by atoms with Crippen LogP contribution >= 0.6 is 12.2 Å². The van der Waals surface area contributed by atoms with Crippen molar-refractivity contribution in [2.45, 2.75) is 38.4 Å². The normalized spacial score (nSPS) is 27.2. The van der Waals surface area contributed by atoms with E-state index >= 15 is 0 Å². The molecule has 2 heterocycles. The highest BCUT2D eigenvalue weighted by Gasteiger charge is 2.49. The first-order valence-electron chi connectivity index (χ1n) is 6.43. The molecule has 5 heteroatoms. The van der Waals surface area contributed by atoms with Crippen molar-refractivity contribution in [1.82, 2.24) is 5.32 Å². The number of nitrogens with one attached hydrogen (secondary N) is 2. The van der Waals surface area contributed by atoms with Crippen LogP contribution in [0.5, 0.6) is 5.75 Å². The van der Waals surface area contributed by atoms with E-state index in [0.29, 0.717) is 0 Å². The predicted octanol–water partition coefficient (Wildman–Crippen LogP) is 2.70. The van der Waals surface area contributed by atoms with Gasteiger partial charge in [-0.05, 0) is 45.1 Å². The molecule has 0 bridgehead atoms. The summed E-state index contributed by atoms with van der Waals surface area (Å²) in [6.07, 6.45) is 0.955. The van der Waals surface area contributed by atoms with Gasteiger partial charge in [-0.3, -0.25) is 4.90 Å². The Morgan fingerprint density at radius 2 is 2.00 bits per heavy atom. The summed E-state index contributed by atoms with van der Waals surface area (Å²) in [6.45, 7) is 6.54. The van der Waals surface area contributed by atoms with E-state index in [1.165, 1.54) is 0 Å². The van der Waals surface area contributed by atoms with Crippen LogP contribution in [0, 0.1) is 0 Å². The molecule has 0 spiro atoms. The fraction of sp³-hybridized carbons (Fsp3) is 0.500. The number of hydrogen-bond acceptors (Lipinski definition) is 3. The van der Waals surface area contributed by atoms with Gasteiger partial charge in [0.15, 0.2) is 5.11 Å². The number of rotatable bonds is 1. The van der Waals surface area contributed by atoms with E-state index in [0.717, 1.165) is 28.7 Å². The average Bonchev–Trinajstić information content (AvgIpc) is 2.56. The van der Waals surface area contributed by atoms with E-state index in [1.807, 2.05) is 12.1 Å². The van der Waals surface area contributed by atoms with Gasteiger partial charge in [0.1, 0.15) is 11.4 Å². The third-order valence-electron chi connectivity index (χ3n) is 3.78. The Morgan fingerprint density at radius 1 is 1.26 bits per heavy atom. The van der Waals surface area contributed by atoms with E-state index < -0.39 is 0 Å². The number of hydrogen-bond donors (Lipinski definition) is 2. The fourth-order valence-electron chi connectivity index (χ4n) is 3.26. The number of ether oxygens (including phenoxy) is 1. The molecule has 2 N–H and O–H groups in total. The summed E-state index contributed by atoms with van der Waals surface area (Å²) in [5.41, 5.74) is 1.99. The Balaban J connectivity index is 2.06. The molecule has 4 nitrogen and oxygen atoms in total. The van der Waals surface area contributed by atoms with E-state index in [9.17, 15) is 0 Å². The van der Waals surface area contributed by atoms with Gasteiger partial charge in [-0.25, -0.2) is 0 Å². The predicted molar refractivity (Wildman–Crippen MR) is 81.9 cm³/mol. The zero-order valence-electron chi connectivity index (χ0n) is 11.7. The van der Waals surface area contributed by atoms with E-state index in [2.05, 4.69) is 42.4 Å². The molecule has 0 saturated carbocycles. The van der Waals surface area contributed by atoms with Crippen LogP contribution in [0.1, 0.15) is 27.2 Å². The van der Waals surface area contributed by atoms with Crippen LogP contribution in [0.15, 0.2) is 18.2 Å². The molecular weight excluding hydrogens is 258 g/mol. The number of fused-ring (bicyclic) bond motifs is 3. The lowest BCUT2D eigenvalue weighted by Gasteiger charge is -2.48. The Bertz CT molecular complexity index is 558. The molecule has 0 radical (unpaired) electrons. The molecule has 3 rings (SSSR count). The van der Waals surface area contributed by atoms with Gasteiger partial charge in [0.2, 0.25) is 0 Å². The second-order valence-corrected chi connectivity index (χ2v) is 6.49. The first-order chi connectivity index (χ1) is 8.85. The van der Waals surface area contributed by atoms with Crippen LogP contribution < -0.4 is 20.3 Å². The highest BCUT2D eigenvalue weighted by atomic mass is 32.1. The van der Waals surface area contributed by atoms with Gasteiger partial charge in [0.05, 0.1) is 18.5 Å². The van der Waals surface area contributed by atoms with E-state index in [-0.39, 0.29) is 11.2 Å². The molecule has 1 saturated heterocycles. The van der Waals surface area contributed by atoms with Gasteiger partial charge >= 0.3 is 0 Å². The summed E-state index contributed by atoms with van der Waals surface area (Å²) >= 11 is 5.55. The monoisotopic (exact) mass is 277 g/mol. The van der Waals surface area contributed by atoms with Crippen molar-refractivity contribution >= 4 is 28.7 Å². The van der Waals surface area contributed by atoms with Crippen molar-refractivity contribution in [3.63, 3.8) is 0 Å². The van der Waals surface area contributed by atoms with Gasteiger partial charge in [-0.15, -0.1) is 0 Å². The largest absolute Gasteiger partial charge is 0.497 e. The fourth-order valence-corrected chi connectivity index (χ4v) is 3.83. The lowest BCUT2D eigenvalue weighted by molar-refractivity contribution is 0.310. The number of methoxy groups -OCH3 is 1. The summed E-state index contributed by atoms with van der Waals surface area (Å²) in [4.78, 5) is 2.17.